The van der Waals surface area contributed by atoms with Crippen molar-refractivity contribution in [1.82, 2.24) is 4.90 Å². The molecule has 0 bridgehead atoms. The zero-order valence-corrected chi connectivity index (χ0v) is 13.3. The molecule has 0 radical (unpaired) electrons. The Morgan fingerprint density at radius 3 is 2.20 bits per heavy atom. The highest BCUT2D eigenvalue weighted by molar-refractivity contribution is 5.82. The van der Waals surface area contributed by atoms with Crippen LogP contribution in [-0.4, -0.2) is 48.5 Å². The van der Waals surface area contributed by atoms with Gasteiger partial charge >= 0.3 is 12.1 Å². The fourth-order valence-corrected chi connectivity index (χ4v) is 1.87. The van der Waals surface area contributed by atoms with Gasteiger partial charge in [0.2, 0.25) is 0 Å². The van der Waals surface area contributed by atoms with Gasteiger partial charge in [0.05, 0.1) is 15.1 Å². The zero-order chi connectivity index (χ0) is 16.6. The lowest BCUT2D eigenvalue weighted by Crippen LogP contribution is -2.51. The fourth-order valence-electron chi connectivity index (χ4n) is 1.87. The summed E-state index contributed by atoms with van der Waals surface area (Å²) in [5.41, 5.74) is -1.22. The van der Waals surface area contributed by atoms with Crippen LogP contribution in [0.15, 0.2) is 0 Å². The van der Waals surface area contributed by atoms with Gasteiger partial charge in [-0.05, 0) is 20.8 Å². The predicted molar refractivity (Wildman–Crippen MR) is 73.1 cm³/mol. The van der Waals surface area contributed by atoms with Crippen molar-refractivity contribution in [1.29, 1.82) is 0 Å². The maximum absolute atomic E-state index is 12.4. The minimum absolute atomic E-state index is 0.249. The van der Waals surface area contributed by atoms with Gasteiger partial charge in [-0.2, -0.15) is 0 Å². The summed E-state index contributed by atoms with van der Waals surface area (Å²) >= 11 is 0. The third kappa shape index (κ3) is 3.85. The summed E-state index contributed by atoms with van der Waals surface area (Å²) in [6, 6.07) is -1.94. The lowest BCUT2D eigenvalue weighted by atomic mass is 9.93. The lowest BCUT2D eigenvalue weighted by Gasteiger charge is -2.35. The summed E-state index contributed by atoms with van der Waals surface area (Å²) in [5.74, 6) is -0.847. The fraction of sp³-hybridized carbons (Fsp3) is 0.857. The predicted octanol–water partition coefficient (Wildman–Crippen LogP) is 2.17. The molecule has 0 aliphatic carbocycles. The maximum atomic E-state index is 12.4. The molecule has 1 aliphatic rings. The Bertz CT molecular complexity index is 426. The van der Waals surface area contributed by atoms with E-state index in [0.717, 1.165) is 4.90 Å². The van der Waals surface area contributed by atoms with Crippen molar-refractivity contribution in [3.05, 3.63) is 0 Å². The van der Waals surface area contributed by atoms with E-state index >= 15 is 0 Å². The van der Waals surface area contributed by atoms with Crippen molar-refractivity contribution in [3.8, 4) is 0 Å². The highest BCUT2D eigenvalue weighted by atomic mass is 16.6. The summed E-state index contributed by atoms with van der Waals surface area (Å²) < 4.78 is 23.8. The highest BCUT2D eigenvalue weighted by Gasteiger charge is 2.48. The van der Waals surface area contributed by atoms with Crippen LogP contribution >= 0.6 is 0 Å². The minimum Gasteiger partial charge on any atom is -0.467 e. The SMILES string of the molecule is [2H][C@]1(C(=O)OC)CO[C@H](C(C)(C)C)N1C(=O)OC(C)(C)C. The molecule has 6 heteroatoms. The van der Waals surface area contributed by atoms with Crippen LogP contribution in [0.3, 0.4) is 0 Å². The lowest BCUT2D eigenvalue weighted by molar-refractivity contribution is -0.146. The van der Waals surface area contributed by atoms with Crippen molar-refractivity contribution in [2.45, 2.75) is 59.4 Å². The number of esters is 1. The van der Waals surface area contributed by atoms with Gasteiger partial charge < -0.3 is 14.2 Å². The van der Waals surface area contributed by atoms with E-state index in [0.29, 0.717) is 0 Å². The number of hydrogen-bond acceptors (Lipinski definition) is 5. The van der Waals surface area contributed by atoms with E-state index < -0.39 is 35.3 Å². The zero-order valence-electron chi connectivity index (χ0n) is 14.3. The molecule has 0 unspecified atom stereocenters. The van der Waals surface area contributed by atoms with Gasteiger partial charge in [0, 0.05) is 5.41 Å². The van der Waals surface area contributed by atoms with Crippen LogP contribution in [0.5, 0.6) is 0 Å². The highest BCUT2D eigenvalue weighted by Crippen LogP contribution is 2.33. The second-order valence-corrected chi connectivity index (χ2v) is 6.82. The molecule has 0 aromatic rings. The van der Waals surface area contributed by atoms with Gasteiger partial charge in [0.15, 0.2) is 6.02 Å². The smallest absolute Gasteiger partial charge is 0.413 e. The number of rotatable bonds is 1. The largest absolute Gasteiger partial charge is 0.467 e. The molecular formula is C14H25NO5. The third-order valence-electron chi connectivity index (χ3n) is 2.66. The molecule has 1 aliphatic heterocycles. The molecule has 0 spiro atoms. The number of methoxy groups -OCH3 is 1. The maximum Gasteiger partial charge on any atom is 0.413 e. The van der Waals surface area contributed by atoms with Crippen LogP contribution < -0.4 is 0 Å². The number of carbonyl (C=O) groups is 2. The van der Waals surface area contributed by atoms with Gasteiger partial charge in [0.1, 0.15) is 11.8 Å². The van der Waals surface area contributed by atoms with Crippen LogP contribution in [0.2, 0.25) is 0 Å². The first-order valence-electron chi connectivity index (χ1n) is 7.05. The molecule has 6 nitrogen and oxygen atoms in total. The van der Waals surface area contributed by atoms with Crippen LogP contribution in [0, 0.1) is 5.41 Å². The Morgan fingerprint density at radius 2 is 1.80 bits per heavy atom. The third-order valence-corrected chi connectivity index (χ3v) is 2.66. The summed E-state index contributed by atoms with van der Waals surface area (Å²) in [4.78, 5) is 25.4. The van der Waals surface area contributed by atoms with Crippen molar-refractivity contribution in [2.75, 3.05) is 13.7 Å². The quantitative estimate of drug-likeness (QED) is 0.692. The van der Waals surface area contributed by atoms with Crippen LogP contribution in [0.4, 0.5) is 4.79 Å². The van der Waals surface area contributed by atoms with Crippen LogP contribution in [-0.2, 0) is 19.0 Å². The summed E-state index contributed by atoms with van der Waals surface area (Å²) in [7, 11) is 1.18. The van der Waals surface area contributed by atoms with Crippen molar-refractivity contribution in [2.24, 2.45) is 5.41 Å². The molecule has 0 aromatic carbocycles. The molecule has 1 rings (SSSR count). The van der Waals surface area contributed by atoms with Gasteiger partial charge in [-0.1, -0.05) is 20.8 Å². The van der Waals surface area contributed by atoms with Crippen molar-refractivity contribution >= 4 is 12.1 Å². The number of ether oxygens (including phenoxy) is 3. The number of amides is 1. The molecule has 0 N–H and O–H groups in total. The molecule has 1 amide bonds. The molecule has 0 saturated carbocycles. The summed E-state index contributed by atoms with van der Waals surface area (Å²) in [5, 5.41) is 0. The Hall–Kier alpha value is -1.30. The number of carbonyl (C=O) groups excluding carboxylic acids is 2. The van der Waals surface area contributed by atoms with E-state index in [-0.39, 0.29) is 6.61 Å². The first-order chi connectivity index (χ1) is 9.33. The minimum atomic E-state index is -1.94. The first-order valence-corrected chi connectivity index (χ1v) is 6.55. The van der Waals surface area contributed by atoms with Crippen LogP contribution in [0.1, 0.15) is 42.9 Å². The average molecular weight is 288 g/mol. The van der Waals surface area contributed by atoms with E-state index in [1.807, 2.05) is 20.8 Å². The van der Waals surface area contributed by atoms with Gasteiger partial charge in [0.25, 0.3) is 0 Å². The van der Waals surface area contributed by atoms with E-state index in [1.54, 1.807) is 20.8 Å². The monoisotopic (exact) mass is 288 g/mol. The molecule has 1 saturated heterocycles. The van der Waals surface area contributed by atoms with E-state index in [4.69, 9.17) is 10.8 Å². The number of hydrogen-bond donors (Lipinski definition) is 0. The Morgan fingerprint density at radius 1 is 1.25 bits per heavy atom. The van der Waals surface area contributed by atoms with Crippen LogP contribution in [0.25, 0.3) is 0 Å². The topological polar surface area (TPSA) is 65.1 Å². The molecule has 1 heterocycles. The Balaban J connectivity index is 3.19. The molecule has 116 valence electrons. The molecule has 2 atom stereocenters. The molecule has 0 aromatic heterocycles. The van der Waals surface area contributed by atoms with Gasteiger partial charge in [-0.3, -0.25) is 4.90 Å². The molecule has 20 heavy (non-hydrogen) atoms. The average Bonchev–Trinajstić information content (AvgIpc) is 2.64. The standard InChI is InChI=1S/C14H25NO5/c1-13(2,3)11-15(12(17)20-14(4,5)6)9(8-19-11)10(16)18-7/h9,11H,8H2,1-7H3/t9-,11-/m1/s1/i9D. The summed E-state index contributed by atoms with van der Waals surface area (Å²) in [6.07, 6.45) is -1.51. The van der Waals surface area contributed by atoms with E-state index in [2.05, 4.69) is 4.74 Å². The number of nitrogens with zero attached hydrogens (tertiary/aromatic N) is 1. The Kier molecular flexibility index (Phi) is 4.22. The second-order valence-electron chi connectivity index (χ2n) is 6.82. The molecular weight excluding hydrogens is 262 g/mol. The van der Waals surface area contributed by atoms with E-state index in [9.17, 15) is 9.59 Å². The summed E-state index contributed by atoms with van der Waals surface area (Å²) in [6.45, 7) is 10.5. The first kappa shape index (κ1) is 15.1. The molecule has 1 fully saturated rings. The van der Waals surface area contributed by atoms with Crippen molar-refractivity contribution in [3.63, 3.8) is 0 Å². The van der Waals surface area contributed by atoms with Gasteiger partial charge in [-0.15, -0.1) is 0 Å². The van der Waals surface area contributed by atoms with Crippen molar-refractivity contribution < 1.29 is 25.2 Å². The Labute approximate surface area is 121 Å². The normalized spacial score (nSPS) is 28.1. The van der Waals surface area contributed by atoms with Gasteiger partial charge in [-0.25, -0.2) is 9.59 Å². The second kappa shape index (κ2) is 5.60. The van der Waals surface area contributed by atoms with E-state index in [1.165, 1.54) is 7.11 Å².